The minimum atomic E-state index is -0.114. The second kappa shape index (κ2) is 11.7. The summed E-state index contributed by atoms with van der Waals surface area (Å²) in [7, 11) is 1.52. The van der Waals surface area contributed by atoms with Crippen molar-refractivity contribution in [2.75, 3.05) is 13.7 Å². The maximum Gasteiger partial charge on any atom is 0.246 e. The molecule has 0 bridgehead atoms. The highest BCUT2D eigenvalue weighted by atomic mass is 32.2. The molecule has 0 saturated carbocycles. The summed E-state index contributed by atoms with van der Waals surface area (Å²) in [5.74, 6) is 1.17. The van der Waals surface area contributed by atoms with Crippen LogP contribution in [0.15, 0.2) is 47.6 Å². The van der Waals surface area contributed by atoms with Gasteiger partial charge >= 0.3 is 0 Å². The molecule has 1 amide bonds. The van der Waals surface area contributed by atoms with E-state index in [1.165, 1.54) is 12.7 Å². The molecule has 3 rings (SSSR count). The molecule has 0 aromatic heterocycles. The summed E-state index contributed by atoms with van der Waals surface area (Å²) in [5.41, 5.74) is 5.02. The van der Waals surface area contributed by atoms with Crippen molar-refractivity contribution >= 4 is 29.3 Å². The van der Waals surface area contributed by atoms with Crippen LogP contribution in [0.2, 0.25) is 0 Å². The van der Waals surface area contributed by atoms with E-state index in [1.54, 1.807) is 18.0 Å². The third-order valence-electron chi connectivity index (χ3n) is 5.28. The number of nitrogens with zero attached hydrogens (tertiary/aromatic N) is 2. The Morgan fingerprint density at radius 1 is 1.39 bits per heavy atom. The molecule has 0 aliphatic heterocycles. The van der Waals surface area contributed by atoms with Gasteiger partial charge in [-0.2, -0.15) is 5.26 Å². The second-order valence-electron chi connectivity index (χ2n) is 8.04. The zero-order valence-corrected chi connectivity index (χ0v) is 20.1. The van der Waals surface area contributed by atoms with E-state index in [2.05, 4.69) is 35.2 Å². The van der Waals surface area contributed by atoms with Crippen molar-refractivity contribution in [1.82, 2.24) is 5.32 Å². The molecule has 1 unspecified atom stereocenters. The molecule has 2 aromatic carbocycles. The van der Waals surface area contributed by atoms with E-state index in [9.17, 15) is 10.1 Å². The van der Waals surface area contributed by atoms with Crippen molar-refractivity contribution in [2.24, 2.45) is 4.99 Å². The van der Waals surface area contributed by atoms with Crippen LogP contribution in [0.1, 0.15) is 54.1 Å². The number of carbonyl (C=O) groups is 1. The lowest BCUT2D eigenvalue weighted by atomic mass is 10.0. The number of ether oxygens (including phenoxy) is 2. The van der Waals surface area contributed by atoms with Crippen molar-refractivity contribution < 1.29 is 14.3 Å². The Morgan fingerprint density at radius 2 is 2.21 bits per heavy atom. The molecule has 7 heteroatoms. The lowest BCUT2D eigenvalue weighted by molar-refractivity contribution is -0.125. The molecule has 1 aliphatic rings. The first-order valence-corrected chi connectivity index (χ1v) is 11.8. The number of hydrogen-bond donors (Lipinski definition) is 1. The molecule has 172 valence electrons. The van der Waals surface area contributed by atoms with Gasteiger partial charge in [0.05, 0.1) is 17.7 Å². The van der Waals surface area contributed by atoms with Crippen LogP contribution < -0.4 is 10.1 Å². The Hall–Kier alpha value is -3.08. The second-order valence-corrected chi connectivity index (χ2v) is 9.06. The molecule has 1 N–H and O–H groups in total. The number of fused-ring (bicyclic) bond motifs is 1. The van der Waals surface area contributed by atoms with Crippen LogP contribution in [-0.4, -0.2) is 32.4 Å². The Morgan fingerprint density at radius 3 is 2.91 bits per heavy atom. The number of nitriles is 1. The van der Waals surface area contributed by atoms with Crippen molar-refractivity contribution in [3.63, 3.8) is 0 Å². The summed E-state index contributed by atoms with van der Waals surface area (Å²) in [6.45, 7) is 7.58. The van der Waals surface area contributed by atoms with E-state index in [0.29, 0.717) is 17.1 Å². The highest BCUT2D eigenvalue weighted by Gasteiger charge is 2.26. The number of rotatable bonds is 10. The van der Waals surface area contributed by atoms with Crippen molar-refractivity contribution in [1.29, 1.82) is 5.26 Å². The summed E-state index contributed by atoms with van der Waals surface area (Å²) < 4.78 is 10.7. The molecule has 1 aliphatic carbocycles. The number of carbonyl (C=O) groups excluding carboxylic acids is 1. The summed E-state index contributed by atoms with van der Waals surface area (Å²) in [6.07, 6.45) is 3.51. The number of amides is 1. The smallest absolute Gasteiger partial charge is 0.246 e. The minimum absolute atomic E-state index is 0.00816. The van der Waals surface area contributed by atoms with Gasteiger partial charge in [0.2, 0.25) is 5.91 Å². The van der Waals surface area contributed by atoms with Gasteiger partial charge in [-0.05, 0) is 67.8 Å². The summed E-state index contributed by atoms with van der Waals surface area (Å²) >= 11 is 1.65. The standard InChI is InChI=1S/C26H29N3O3S/c1-17(2)32-24-11-8-18(12-19(24)13-27)16-33-25(14-28-3)22-7-5-6-21-20(22)9-10-23(21)29-26(30)15-31-4/h5-8,11-12,14,17,23H,3,9-10,15-16H2,1-2,4H3,(H,29,30)/b25-14-. The van der Waals surface area contributed by atoms with Crippen LogP contribution in [-0.2, 0) is 21.7 Å². The Kier molecular flexibility index (Phi) is 8.70. The molecular formula is C26H29N3O3S. The van der Waals surface area contributed by atoms with Gasteiger partial charge in [-0.1, -0.05) is 24.3 Å². The lowest BCUT2D eigenvalue weighted by Gasteiger charge is -2.16. The fourth-order valence-corrected chi connectivity index (χ4v) is 4.94. The number of nitrogens with one attached hydrogen (secondary N) is 1. The first-order valence-electron chi connectivity index (χ1n) is 10.9. The molecule has 0 spiro atoms. The van der Waals surface area contributed by atoms with E-state index in [4.69, 9.17) is 9.47 Å². The predicted molar refractivity (Wildman–Crippen MR) is 133 cm³/mol. The van der Waals surface area contributed by atoms with E-state index in [0.717, 1.165) is 34.4 Å². The minimum Gasteiger partial charge on any atom is -0.490 e. The monoisotopic (exact) mass is 463 g/mol. The van der Waals surface area contributed by atoms with Crippen LogP contribution in [0, 0.1) is 11.3 Å². The van der Waals surface area contributed by atoms with Crippen molar-refractivity contribution in [3.05, 3.63) is 70.4 Å². The van der Waals surface area contributed by atoms with E-state index in [1.807, 2.05) is 38.1 Å². The largest absolute Gasteiger partial charge is 0.490 e. The quantitative estimate of drug-likeness (QED) is 0.500. The van der Waals surface area contributed by atoms with Crippen LogP contribution >= 0.6 is 11.8 Å². The van der Waals surface area contributed by atoms with Crippen LogP contribution in [0.3, 0.4) is 0 Å². The van der Waals surface area contributed by atoms with E-state index >= 15 is 0 Å². The maximum atomic E-state index is 12.0. The molecule has 2 aromatic rings. The van der Waals surface area contributed by atoms with E-state index < -0.39 is 0 Å². The van der Waals surface area contributed by atoms with Crippen LogP contribution in [0.25, 0.3) is 4.91 Å². The predicted octanol–water partition coefficient (Wildman–Crippen LogP) is 5.03. The van der Waals surface area contributed by atoms with Crippen molar-refractivity contribution in [3.8, 4) is 11.8 Å². The third-order valence-corrected chi connectivity index (χ3v) is 6.39. The number of benzene rings is 2. The van der Waals surface area contributed by atoms with Gasteiger partial charge in [0.25, 0.3) is 0 Å². The Labute approximate surface area is 199 Å². The zero-order chi connectivity index (χ0) is 23.8. The first kappa shape index (κ1) is 24.6. The summed E-state index contributed by atoms with van der Waals surface area (Å²) in [6, 6.07) is 14.1. The molecule has 33 heavy (non-hydrogen) atoms. The molecule has 0 radical (unpaired) electrons. The van der Waals surface area contributed by atoms with Gasteiger partial charge in [0.1, 0.15) is 18.4 Å². The molecule has 0 heterocycles. The van der Waals surface area contributed by atoms with Crippen LogP contribution in [0.5, 0.6) is 5.75 Å². The Bertz CT molecular complexity index is 1090. The van der Waals surface area contributed by atoms with Gasteiger partial charge in [0, 0.05) is 24.0 Å². The van der Waals surface area contributed by atoms with Crippen LogP contribution in [0.4, 0.5) is 0 Å². The normalized spacial score (nSPS) is 15.1. The van der Waals surface area contributed by atoms with Gasteiger partial charge in [-0.3, -0.25) is 9.79 Å². The fourth-order valence-electron chi connectivity index (χ4n) is 3.94. The summed E-state index contributed by atoms with van der Waals surface area (Å²) in [5, 5.41) is 12.6. The zero-order valence-electron chi connectivity index (χ0n) is 19.3. The first-order chi connectivity index (χ1) is 16.0. The SMILES string of the molecule is C=N/C=C(\SCc1ccc(OC(C)C)c(C#N)c1)c1cccc2c1CCC2NC(=O)COC. The number of thioether (sulfide) groups is 1. The third kappa shape index (κ3) is 6.25. The number of aliphatic imine (C=N–C) groups is 1. The van der Waals surface area contributed by atoms with Gasteiger partial charge < -0.3 is 14.8 Å². The Balaban J connectivity index is 1.79. The fraction of sp³-hybridized carbons (Fsp3) is 0.346. The van der Waals surface area contributed by atoms with Crippen molar-refractivity contribution in [2.45, 2.75) is 44.6 Å². The molecule has 0 fully saturated rings. The van der Waals surface area contributed by atoms with E-state index in [-0.39, 0.29) is 24.7 Å². The molecular weight excluding hydrogens is 434 g/mol. The lowest BCUT2D eigenvalue weighted by Crippen LogP contribution is -2.30. The topological polar surface area (TPSA) is 83.7 Å². The number of methoxy groups -OCH3 is 1. The maximum absolute atomic E-state index is 12.0. The van der Waals surface area contributed by atoms with Gasteiger partial charge in [-0.15, -0.1) is 11.8 Å². The summed E-state index contributed by atoms with van der Waals surface area (Å²) in [4.78, 5) is 17.1. The average Bonchev–Trinajstić information content (AvgIpc) is 3.20. The number of hydrogen-bond acceptors (Lipinski definition) is 6. The van der Waals surface area contributed by atoms with Gasteiger partial charge in [-0.25, -0.2) is 0 Å². The highest BCUT2D eigenvalue weighted by molar-refractivity contribution is 8.07. The highest BCUT2D eigenvalue weighted by Crippen LogP contribution is 2.40. The van der Waals surface area contributed by atoms with Gasteiger partial charge in [0.15, 0.2) is 0 Å². The molecule has 6 nitrogen and oxygen atoms in total. The molecule has 0 saturated heterocycles. The molecule has 1 atom stereocenters. The average molecular weight is 464 g/mol.